The highest BCUT2D eigenvalue weighted by atomic mass is 32.2. The van der Waals surface area contributed by atoms with Crippen LogP contribution in [0.2, 0.25) is 0 Å². The molecule has 9 aromatic rings. The van der Waals surface area contributed by atoms with Gasteiger partial charge in [-0.25, -0.2) is 50.0 Å². The van der Waals surface area contributed by atoms with Crippen molar-refractivity contribution in [3.8, 4) is 22.5 Å². The third-order valence-electron chi connectivity index (χ3n) is 17.4. The van der Waals surface area contributed by atoms with Crippen molar-refractivity contribution in [1.82, 2.24) is 19.9 Å². The highest BCUT2D eigenvalue weighted by molar-refractivity contribution is 8.05. The molecule has 4 unspecified atom stereocenters. The number of sulfone groups is 3. The topological polar surface area (TPSA) is 547 Å². The maximum atomic E-state index is 12.9. The number of nitro groups is 3. The first-order valence-corrected chi connectivity index (χ1v) is 55.4. The molecule has 4 atom stereocenters. The van der Waals surface area contributed by atoms with E-state index in [1.165, 1.54) is 84.8 Å². The Labute approximate surface area is 745 Å². The van der Waals surface area contributed by atoms with Crippen molar-refractivity contribution in [3.63, 3.8) is 0 Å². The molecule has 126 heavy (non-hydrogen) atoms. The Kier molecular flexibility index (Phi) is 46.8. The number of Topliss-reactive ketones (excluding diaryl/α,β-unsaturated/α-hetero) is 1. The number of ketones is 1. The summed E-state index contributed by atoms with van der Waals surface area (Å²) in [5, 5.41) is 40.0. The molecule has 0 aliphatic heterocycles. The second-order valence-electron chi connectivity index (χ2n) is 26.7. The number of aromatic nitrogens is 4. The Morgan fingerprint density at radius 1 is 0.421 bits per heavy atom. The van der Waals surface area contributed by atoms with E-state index in [0.29, 0.717) is 59.8 Å². The van der Waals surface area contributed by atoms with Crippen LogP contribution in [0, 0.1) is 44.2 Å². The number of carboxylic acids is 1. The van der Waals surface area contributed by atoms with Crippen molar-refractivity contribution >= 4 is 137 Å². The third kappa shape index (κ3) is 37.7. The van der Waals surface area contributed by atoms with E-state index < -0.39 is 104 Å². The second-order valence-corrected chi connectivity index (χ2v) is 50.4. The monoisotopic (exact) mass is 1940 g/mol. The summed E-state index contributed by atoms with van der Waals surface area (Å²) in [7, 11) is -25.6. The standard InChI is InChI=1S/C24H28N3O5PS.C12H11N3O2.C11H16NO6PS.C11H18NO4PS.C11H16NO4PS.C6H5NO2S.C6H15O2P/c1-4-32-33(29,5-2)16-34(30,31)20-12-8-18(9-13-20)14-22(28)23-24(25)26-15-21(27-23)19-10-6-17(3)7-11-19;1-7-2-4-8(5-3-7)9-6-14-11(13)10(15-9)12(16)17;1-3-18-19(15,4-2)9-20(16,17)11-7-5-10(6-8-11)12(13)14;1-3-16-17(13,4-2)9-18(14,15)11-7-5-10(12)6-8-11;1-3-16-17(15,4-2)9-18-11-7-5-10(6-8-11)12(13)14;8-7(9)5-1-3-6(10)4-2-5;1-4-8-9(7,5-2)6-3/h6-13,15H,4-5,14,16H2,1-3H3,(H2,25,26);2-6H,1H3,(H2,13,14)(H,16,17);5-8H,3-4,9H2,1-2H3;5-8H,3-4,9,12H2,1-2H3;5-8H,3-4,9H2,1-2H3;1-4,10H;4-6H2,1-3H3. The van der Waals surface area contributed by atoms with Gasteiger partial charge in [-0.3, -0.25) is 58.0 Å². The summed E-state index contributed by atoms with van der Waals surface area (Å²) in [6.07, 6.45) is 5.25. The van der Waals surface area contributed by atoms with Crippen LogP contribution in [0.5, 0.6) is 0 Å². The summed E-state index contributed by atoms with van der Waals surface area (Å²) in [5.41, 5.74) is 21.4. The maximum absolute atomic E-state index is 12.9. The fourth-order valence-electron chi connectivity index (χ4n) is 10.3. The lowest BCUT2D eigenvalue weighted by Crippen LogP contribution is -2.12. The van der Waals surface area contributed by atoms with Gasteiger partial charge in [0, 0.05) is 106 Å². The van der Waals surface area contributed by atoms with Crippen LogP contribution in [-0.4, -0.2) is 169 Å². The van der Waals surface area contributed by atoms with Gasteiger partial charge < -0.3 is 44.9 Å². The van der Waals surface area contributed by atoms with E-state index in [1.807, 2.05) is 97.0 Å². The fourth-order valence-corrected chi connectivity index (χ4v) is 29.8. The fraction of sp³-hybridized carbons (Fsp3) is 0.358. The molecule has 9 rings (SSSR count). The van der Waals surface area contributed by atoms with E-state index in [1.54, 1.807) is 77.9 Å². The Morgan fingerprint density at radius 2 is 0.714 bits per heavy atom. The number of nitro benzene ring substituents is 3. The van der Waals surface area contributed by atoms with Crippen LogP contribution in [0.1, 0.15) is 114 Å². The van der Waals surface area contributed by atoms with Crippen LogP contribution in [0.25, 0.3) is 22.5 Å². The number of hydrogen-bond donors (Lipinski definition) is 5. The van der Waals surface area contributed by atoms with Crippen LogP contribution in [-0.2, 0) is 81.4 Å². The summed E-state index contributed by atoms with van der Waals surface area (Å²) < 4.78 is 160. The van der Waals surface area contributed by atoms with Crippen molar-refractivity contribution in [2.24, 2.45) is 0 Å². The van der Waals surface area contributed by atoms with Crippen LogP contribution in [0.4, 0.5) is 34.4 Å². The van der Waals surface area contributed by atoms with Gasteiger partial charge in [0.05, 0.1) is 91.8 Å². The minimum absolute atomic E-state index is 0.0248. The summed E-state index contributed by atoms with van der Waals surface area (Å²) in [5.74, 6) is -1.55. The zero-order valence-electron chi connectivity index (χ0n) is 72.1. The predicted octanol–water partition coefficient (Wildman–Crippen LogP) is 19.5. The Hall–Kier alpha value is -9.06. The van der Waals surface area contributed by atoms with Crippen LogP contribution < -0.4 is 17.2 Å². The van der Waals surface area contributed by atoms with E-state index in [4.69, 9.17) is 44.9 Å². The van der Waals surface area contributed by atoms with Crippen molar-refractivity contribution in [3.05, 3.63) is 241 Å². The minimum atomic E-state index is -3.81. The Bertz CT molecular complexity index is 5680. The van der Waals surface area contributed by atoms with Crippen molar-refractivity contribution in [2.45, 2.75) is 121 Å². The zero-order chi connectivity index (χ0) is 95.0. The number of thiol groups is 1. The Balaban J connectivity index is 0.000000395. The normalized spacial score (nSPS) is 13.1. The number of thioether (sulfide) groups is 1. The molecule has 7 N–H and O–H groups in total. The van der Waals surface area contributed by atoms with E-state index >= 15 is 0 Å². The van der Waals surface area contributed by atoms with Crippen molar-refractivity contribution in [2.75, 3.05) is 109 Å². The summed E-state index contributed by atoms with van der Waals surface area (Å²) >= 11 is 5.38. The molecule has 0 spiro atoms. The number of anilines is 3. The van der Waals surface area contributed by atoms with Gasteiger partial charge in [0.2, 0.25) is 36.8 Å². The number of hydrogen-bond acceptors (Lipinski definition) is 33. The first-order chi connectivity index (χ1) is 59.1. The molecular formula is C81H109N10O25P5S5. The SMILES string of the molecule is CCOP(=O)(CC)CC.CCOP(=O)(CC)CS(=O)(=O)c1ccc(CC(=O)c2nc(-c3ccc(C)cc3)cnc2N)cc1.CCOP(=O)(CC)CS(=O)(=O)c1ccc(N)cc1.CCOP(=O)(CC)CS(=O)(=O)c1ccc([N+](=O)[O-])cc1.CCOP(=O)(CC)CSc1ccc([N+](=O)[O-])cc1.Cc1ccc(-c2cnc(N)c(C(=O)O)n2)cc1.O=[N+]([O-])c1ccc(S)cc1. The number of aromatic carboxylic acids is 1. The number of benzene rings is 7. The van der Waals surface area contributed by atoms with Crippen molar-refractivity contribution < 1.29 is 100 Å². The Morgan fingerprint density at radius 3 is 1.03 bits per heavy atom. The highest BCUT2D eigenvalue weighted by Gasteiger charge is 2.33. The molecule has 0 radical (unpaired) electrons. The number of carbonyl (C=O) groups is 2. The van der Waals surface area contributed by atoms with Gasteiger partial charge in [-0.15, -0.1) is 24.4 Å². The average molecular weight is 1940 g/mol. The molecule has 0 aliphatic carbocycles. The van der Waals surface area contributed by atoms with E-state index in [-0.39, 0.29) is 105 Å². The van der Waals surface area contributed by atoms with Gasteiger partial charge >= 0.3 is 5.97 Å². The molecule has 35 nitrogen and oxygen atoms in total. The number of non-ortho nitro benzene ring substituents is 3. The molecule has 0 saturated heterocycles. The average Bonchev–Trinajstić information content (AvgIpc) is 0.799. The largest absolute Gasteiger partial charge is 0.476 e. The summed E-state index contributed by atoms with van der Waals surface area (Å²) in [4.78, 5) is 71.4. The quantitative estimate of drug-likeness (QED) is 0.00459. The molecule has 7 aromatic carbocycles. The lowest BCUT2D eigenvalue weighted by Gasteiger charge is -2.16. The molecule has 45 heteroatoms. The van der Waals surface area contributed by atoms with Crippen LogP contribution >= 0.6 is 61.2 Å². The zero-order valence-corrected chi connectivity index (χ0v) is 80.7. The molecule has 0 saturated carbocycles. The molecule has 2 aromatic heterocycles. The number of rotatable bonds is 37. The van der Waals surface area contributed by atoms with E-state index in [2.05, 4.69) is 32.6 Å². The van der Waals surface area contributed by atoms with E-state index in [0.717, 1.165) is 56.3 Å². The highest BCUT2D eigenvalue weighted by Crippen LogP contribution is 2.53. The number of carboxylic acid groups (broad SMARTS) is 1. The third-order valence-corrected chi connectivity index (χ3v) is 41.6. The molecule has 0 aliphatic rings. The molecule has 688 valence electrons. The molecular weight excluding hydrogens is 1830 g/mol. The maximum Gasteiger partial charge on any atom is 0.358 e. The van der Waals surface area contributed by atoms with Gasteiger partial charge in [-0.1, -0.05) is 113 Å². The number of nitrogens with two attached hydrogens (primary N) is 3. The lowest BCUT2D eigenvalue weighted by molar-refractivity contribution is -0.385. The second kappa shape index (κ2) is 53.0. The van der Waals surface area contributed by atoms with Gasteiger partial charge in [-0.2, -0.15) is 0 Å². The lowest BCUT2D eigenvalue weighted by atomic mass is 10.1. The van der Waals surface area contributed by atoms with Gasteiger partial charge in [0.1, 0.15) is 22.2 Å². The van der Waals surface area contributed by atoms with Crippen LogP contribution in [0.3, 0.4) is 0 Å². The number of nitrogens with zero attached hydrogens (tertiary/aromatic N) is 7. The number of carbonyl (C=O) groups excluding carboxylic acids is 1. The predicted molar refractivity (Wildman–Crippen MR) is 498 cm³/mol. The molecule has 0 amide bonds. The summed E-state index contributed by atoms with van der Waals surface area (Å²) in [6, 6.07) is 43.7. The smallest absolute Gasteiger partial charge is 0.358 e. The van der Waals surface area contributed by atoms with Gasteiger partial charge in [0.15, 0.2) is 52.6 Å². The number of nitrogen functional groups attached to an aromatic ring is 3. The molecule has 2 heterocycles. The molecule has 0 bridgehead atoms. The van der Waals surface area contributed by atoms with Gasteiger partial charge in [-0.05, 0) is 127 Å². The first-order valence-electron chi connectivity index (χ1n) is 39.1. The van der Waals surface area contributed by atoms with Crippen LogP contribution in [0.15, 0.2) is 207 Å². The van der Waals surface area contributed by atoms with Gasteiger partial charge in [0.25, 0.3) is 17.1 Å². The first kappa shape index (κ1) is 111. The minimum Gasteiger partial charge on any atom is -0.476 e. The van der Waals surface area contributed by atoms with E-state index in [9.17, 15) is 88.0 Å². The van der Waals surface area contributed by atoms with Crippen molar-refractivity contribution in [1.29, 1.82) is 0 Å². The molecule has 0 fully saturated rings. The summed E-state index contributed by atoms with van der Waals surface area (Å²) in [6.45, 7) is 24.8. The number of aryl methyl sites for hydroxylation is 2.